The van der Waals surface area contributed by atoms with Crippen LogP contribution in [0.1, 0.15) is 12.5 Å². The van der Waals surface area contributed by atoms with Crippen molar-refractivity contribution in [2.75, 3.05) is 11.9 Å². The van der Waals surface area contributed by atoms with Gasteiger partial charge in [0, 0.05) is 10.6 Å². The van der Waals surface area contributed by atoms with Gasteiger partial charge < -0.3 is 10.1 Å². The molecule has 0 bridgehead atoms. The van der Waals surface area contributed by atoms with Crippen molar-refractivity contribution in [1.82, 2.24) is 0 Å². The van der Waals surface area contributed by atoms with Crippen LogP contribution in [-0.4, -0.2) is 12.5 Å². The highest BCUT2D eigenvalue weighted by molar-refractivity contribution is 7.80. The first-order chi connectivity index (χ1) is 9.67. The summed E-state index contributed by atoms with van der Waals surface area (Å²) in [6, 6.07) is 14.9. The van der Waals surface area contributed by atoms with Gasteiger partial charge in [0.2, 0.25) is 5.91 Å². The van der Waals surface area contributed by atoms with E-state index in [1.807, 2.05) is 55.5 Å². The van der Waals surface area contributed by atoms with E-state index in [0.29, 0.717) is 13.0 Å². The number of carbonyl (C=O) groups excluding carboxylic acids is 1. The Labute approximate surface area is 124 Å². The summed E-state index contributed by atoms with van der Waals surface area (Å²) in [5, 5.41) is 2.86. The quantitative estimate of drug-likeness (QED) is 0.825. The largest absolute Gasteiger partial charge is 0.494 e. The van der Waals surface area contributed by atoms with E-state index in [4.69, 9.17) is 4.74 Å². The van der Waals surface area contributed by atoms with Crippen molar-refractivity contribution in [2.24, 2.45) is 0 Å². The summed E-state index contributed by atoms with van der Waals surface area (Å²) in [6.07, 6.45) is 0.348. The molecule has 1 N–H and O–H groups in total. The van der Waals surface area contributed by atoms with Crippen LogP contribution < -0.4 is 10.1 Å². The Balaban J connectivity index is 1.92. The van der Waals surface area contributed by atoms with Crippen LogP contribution in [-0.2, 0) is 11.2 Å². The van der Waals surface area contributed by atoms with Crippen LogP contribution in [0.3, 0.4) is 0 Å². The van der Waals surface area contributed by atoms with Crippen molar-refractivity contribution in [2.45, 2.75) is 18.2 Å². The van der Waals surface area contributed by atoms with E-state index in [1.54, 1.807) is 0 Å². The summed E-state index contributed by atoms with van der Waals surface area (Å²) in [6.45, 7) is 2.57. The third kappa shape index (κ3) is 4.31. The molecule has 0 aromatic heterocycles. The Morgan fingerprint density at radius 3 is 2.35 bits per heavy atom. The molecule has 0 aliphatic heterocycles. The lowest BCUT2D eigenvalue weighted by atomic mass is 10.1. The van der Waals surface area contributed by atoms with Crippen LogP contribution in [0.15, 0.2) is 53.4 Å². The molecule has 0 unspecified atom stereocenters. The van der Waals surface area contributed by atoms with E-state index in [1.165, 1.54) is 0 Å². The highest BCUT2D eigenvalue weighted by atomic mass is 32.1. The minimum Gasteiger partial charge on any atom is -0.494 e. The zero-order valence-electron chi connectivity index (χ0n) is 11.3. The van der Waals surface area contributed by atoms with Gasteiger partial charge in [-0.1, -0.05) is 12.1 Å². The SMILES string of the molecule is CCOc1ccc(NC(=O)Cc2ccc(S)cc2)cc1. The van der Waals surface area contributed by atoms with Gasteiger partial charge in [-0.3, -0.25) is 4.79 Å². The van der Waals surface area contributed by atoms with Crippen molar-refractivity contribution in [1.29, 1.82) is 0 Å². The molecular weight excluding hydrogens is 270 g/mol. The first-order valence-corrected chi connectivity index (χ1v) is 6.92. The summed E-state index contributed by atoms with van der Waals surface area (Å²) in [5.74, 6) is 0.760. The average Bonchev–Trinajstić information content (AvgIpc) is 2.44. The zero-order valence-corrected chi connectivity index (χ0v) is 12.2. The first-order valence-electron chi connectivity index (χ1n) is 6.48. The molecule has 0 radical (unpaired) electrons. The van der Waals surface area contributed by atoms with Gasteiger partial charge in [-0.25, -0.2) is 0 Å². The van der Waals surface area contributed by atoms with Gasteiger partial charge in [0.1, 0.15) is 5.75 Å². The second-order valence-corrected chi connectivity index (χ2v) is 4.87. The maximum absolute atomic E-state index is 11.9. The van der Waals surface area contributed by atoms with E-state index in [0.717, 1.165) is 21.9 Å². The van der Waals surface area contributed by atoms with Gasteiger partial charge in [-0.05, 0) is 48.9 Å². The Hall–Kier alpha value is -1.94. The van der Waals surface area contributed by atoms with Crippen LogP contribution in [0.25, 0.3) is 0 Å². The summed E-state index contributed by atoms with van der Waals surface area (Å²) in [5.41, 5.74) is 1.73. The Kier molecular flexibility index (Phi) is 5.07. The topological polar surface area (TPSA) is 38.3 Å². The van der Waals surface area contributed by atoms with Crippen molar-refractivity contribution in [3.05, 3.63) is 54.1 Å². The number of rotatable bonds is 5. The predicted octanol–water partition coefficient (Wildman–Crippen LogP) is 3.56. The van der Waals surface area contributed by atoms with Gasteiger partial charge in [-0.2, -0.15) is 0 Å². The standard InChI is InChI=1S/C16H17NO2S/c1-2-19-14-7-5-13(6-8-14)17-16(18)11-12-3-9-15(20)10-4-12/h3-10,20H,2,11H2,1H3,(H,17,18). The molecule has 0 aliphatic carbocycles. The first kappa shape index (κ1) is 14.5. The minimum atomic E-state index is -0.0407. The number of anilines is 1. The Morgan fingerprint density at radius 2 is 1.75 bits per heavy atom. The maximum atomic E-state index is 11.9. The molecule has 1 amide bonds. The summed E-state index contributed by atoms with van der Waals surface area (Å²) in [4.78, 5) is 12.8. The monoisotopic (exact) mass is 287 g/mol. The molecular formula is C16H17NO2S. The molecule has 0 aliphatic rings. The van der Waals surface area contributed by atoms with Crippen molar-refractivity contribution in [3.8, 4) is 5.75 Å². The number of ether oxygens (including phenoxy) is 1. The number of hydrogen-bond acceptors (Lipinski definition) is 3. The van der Waals surface area contributed by atoms with E-state index >= 15 is 0 Å². The smallest absolute Gasteiger partial charge is 0.228 e. The van der Waals surface area contributed by atoms with Crippen LogP contribution in [0.5, 0.6) is 5.75 Å². The average molecular weight is 287 g/mol. The molecule has 2 aromatic rings. The van der Waals surface area contributed by atoms with Crippen molar-refractivity contribution >= 4 is 24.2 Å². The number of carbonyl (C=O) groups is 1. The molecule has 0 saturated carbocycles. The number of amides is 1. The van der Waals surface area contributed by atoms with Gasteiger partial charge in [-0.15, -0.1) is 12.6 Å². The molecule has 104 valence electrons. The van der Waals surface area contributed by atoms with E-state index in [-0.39, 0.29) is 5.91 Å². The molecule has 0 spiro atoms. The summed E-state index contributed by atoms with van der Waals surface area (Å²) < 4.78 is 5.35. The molecule has 2 aromatic carbocycles. The molecule has 0 heterocycles. The van der Waals surface area contributed by atoms with E-state index in [9.17, 15) is 4.79 Å². The second kappa shape index (κ2) is 7.01. The van der Waals surface area contributed by atoms with Crippen LogP contribution in [0, 0.1) is 0 Å². The summed E-state index contributed by atoms with van der Waals surface area (Å²) in [7, 11) is 0. The normalized spacial score (nSPS) is 10.1. The fourth-order valence-corrected chi connectivity index (χ4v) is 1.95. The number of thiol groups is 1. The number of benzene rings is 2. The van der Waals surface area contributed by atoms with E-state index < -0.39 is 0 Å². The molecule has 2 rings (SSSR count). The lowest BCUT2D eigenvalue weighted by molar-refractivity contribution is -0.115. The molecule has 0 atom stereocenters. The van der Waals surface area contributed by atoms with Gasteiger partial charge in [0.25, 0.3) is 0 Å². The van der Waals surface area contributed by atoms with Crippen LogP contribution in [0.4, 0.5) is 5.69 Å². The third-order valence-corrected chi connectivity index (χ3v) is 3.05. The molecule has 20 heavy (non-hydrogen) atoms. The van der Waals surface area contributed by atoms with Gasteiger partial charge in [0.05, 0.1) is 13.0 Å². The fraction of sp³-hybridized carbons (Fsp3) is 0.188. The summed E-state index contributed by atoms with van der Waals surface area (Å²) >= 11 is 4.22. The number of hydrogen-bond donors (Lipinski definition) is 2. The van der Waals surface area contributed by atoms with Crippen molar-refractivity contribution < 1.29 is 9.53 Å². The van der Waals surface area contributed by atoms with Crippen LogP contribution >= 0.6 is 12.6 Å². The Bertz CT molecular complexity index is 564. The maximum Gasteiger partial charge on any atom is 0.228 e. The Morgan fingerprint density at radius 1 is 1.10 bits per heavy atom. The van der Waals surface area contributed by atoms with Crippen LogP contribution in [0.2, 0.25) is 0 Å². The van der Waals surface area contributed by atoms with Crippen molar-refractivity contribution in [3.63, 3.8) is 0 Å². The molecule has 3 nitrogen and oxygen atoms in total. The molecule has 0 fully saturated rings. The lowest BCUT2D eigenvalue weighted by Gasteiger charge is -2.07. The highest BCUT2D eigenvalue weighted by Gasteiger charge is 2.04. The predicted molar refractivity (Wildman–Crippen MR) is 83.6 cm³/mol. The van der Waals surface area contributed by atoms with E-state index in [2.05, 4.69) is 17.9 Å². The lowest BCUT2D eigenvalue weighted by Crippen LogP contribution is -2.14. The third-order valence-electron chi connectivity index (χ3n) is 2.75. The number of nitrogens with one attached hydrogen (secondary N) is 1. The van der Waals surface area contributed by atoms with Gasteiger partial charge in [0.15, 0.2) is 0 Å². The minimum absolute atomic E-state index is 0.0407. The fourth-order valence-electron chi connectivity index (χ4n) is 1.81. The zero-order chi connectivity index (χ0) is 14.4. The molecule has 0 saturated heterocycles. The second-order valence-electron chi connectivity index (χ2n) is 4.35. The molecule has 4 heteroatoms. The van der Waals surface area contributed by atoms with Gasteiger partial charge >= 0.3 is 0 Å². The highest BCUT2D eigenvalue weighted by Crippen LogP contribution is 2.16.